The molecule has 0 bridgehead atoms. The van der Waals surface area contributed by atoms with Gasteiger partial charge in [0.2, 0.25) is 0 Å². The van der Waals surface area contributed by atoms with Gasteiger partial charge in [0.25, 0.3) is 0 Å². The second kappa shape index (κ2) is 7.52. The number of hydrogen-bond donors (Lipinski definition) is 0. The predicted molar refractivity (Wildman–Crippen MR) is 113 cm³/mol. The van der Waals surface area contributed by atoms with Crippen LogP contribution in [0.5, 0.6) is 0 Å². The van der Waals surface area contributed by atoms with E-state index in [2.05, 4.69) is 50.8 Å². The lowest BCUT2D eigenvalue weighted by Gasteiger charge is -2.39. The summed E-state index contributed by atoms with van der Waals surface area (Å²) in [5.41, 5.74) is 1.14. The number of aromatic nitrogens is 3. The van der Waals surface area contributed by atoms with E-state index in [1.54, 1.807) is 6.20 Å². The Bertz CT molecular complexity index is 891. The van der Waals surface area contributed by atoms with Crippen molar-refractivity contribution in [3.05, 3.63) is 23.2 Å². The average molecular weight is 424 g/mol. The van der Waals surface area contributed by atoms with Crippen molar-refractivity contribution in [1.82, 2.24) is 14.5 Å². The van der Waals surface area contributed by atoms with Gasteiger partial charge >= 0.3 is 0 Å². The fraction of sp³-hybridized carbons (Fsp3) is 0.650. The minimum atomic E-state index is -1.92. The van der Waals surface area contributed by atoms with E-state index in [-0.39, 0.29) is 34.4 Å². The lowest BCUT2D eigenvalue weighted by molar-refractivity contribution is -0.0159. The van der Waals surface area contributed by atoms with Crippen LogP contribution < -0.4 is 0 Å². The highest BCUT2D eigenvalue weighted by molar-refractivity contribution is 6.74. The molecule has 0 radical (unpaired) electrons. The first-order valence-electron chi connectivity index (χ1n) is 9.81. The molecule has 154 valence electrons. The molecule has 0 unspecified atom stereocenters. The maximum absolute atomic E-state index is 12.1. The van der Waals surface area contributed by atoms with Crippen LogP contribution in [-0.2, 0) is 9.16 Å². The summed E-state index contributed by atoms with van der Waals surface area (Å²) in [6, 6.07) is 0. The standard InChI is InChI=1S/C20H30ClN3O3Si/c1-8-14-15(27-28(6,7)20(3,4)5)9-16(26-14)24-10-13(12(2)25)17-18(21)22-11-23-19(17)24/h10-11,14-16H,8-9H2,1-7H3/t14-,15-,16-/m1/s1. The molecule has 28 heavy (non-hydrogen) atoms. The van der Waals surface area contributed by atoms with Crippen LogP contribution in [0.25, 0.3) is 11.0 Å². The second-order valence-corrected chi connectivity index (χ2v) is 14.2. The monoisotopic (exact) mass is 423 g/mol. The van der Waals surface area contributed by atoms with Crippen molar-refractivity contribution < 1.29 is 14.0 Å². The Morgan fingerprint density at radius 2 is 2.07 bits per heavy atom. The van der Waals surface area contributed by atoms with Crippen molar-refractivity contribution in [1.29, 1.82) is 0 Å². The van der Waals surface area contributed by atoms with E-state index in [1.165, 1.54) is 13.3 Å². The van der Waals surface area contributed by atoms with Crippen molar-refractivity contribution >= 4 is 36.7 Å². The predicted octanol–water partition coefficient (Wildman–Crippen LogP) is 5.38. The molecule has 6 nitrogen and oxygen atoms in total. The summed E-state index contributed by atoms with van der Waals surface area (Å²) >= 11 is 6.27. The van der Waals surface area contributed by atoms with Gasteiger partial charge in [0, 0.05) is 18.2 Å². The summed E-state index contributed by atoms with van der Waals surface area (Å²) in [5, 5.41) is 1.00. The number of rotatable bonds is 5. The van der Waals surface area contributed by atoms with Crippen LogP contribution in [0, 0.1) is 0 Å². The van der Waals surface area contributed by atoms with Gasteiger partial charge in [0.05, 0.1) is 17.6 Å². The van der Waals surface area contributed by atoms with Gasteiger partial charge in [-0.25, -0.2) is 9.97 Å². The molecule has 1 fully saturated rings. The Kier molecular flexibility index (Phi) is 5.75. The number of ketones is 1. The van der Waals surface area contributed by atoms with Crippen molar-refractivity contribution in [2.45, 2.75) is 84.0 Å². The van der Waals surface area contributed by atoms with Gasteiger partial charge in [-0.2, -0.15) is 0 Å². The maximum Gasteiger partial charge on any atom is 0.192 e. The van der Waals surface area contributed by atoms with Crippen LogP contribution in [0.2, 0.25) is 23.3 Å². The molecule has 0 saturated carbocycles. The lowest BCUT2D eigenvalue weighted by atomic mass is 10.1. The summed E-state index contributed by atoms with van der Waals surface area (Å²) in [4.78, 5) is 20.6. The molecule has 1 aliphatic heterocycles. The zero-order valence-corrected chi connectivity index (χ0v) is 19.5. The molecule has 0 spiro atoms. The molecule has 1 aliphatic rings. The molecule has 3 atom stereocenters. The molecular weight excluding hydrogens is 394 g/mol. The Morgan fingerprint density at radius 3 is 2.64 bits per heavy atom. The molecule has 2 aromatic rings. The maximum atomic E-state index is 12.1. The van der Waals surface area contributed by atoms with Crippen molar-refractivity contribution in [3.63, 3.8) is 0 Å². The third kappa shape index (κ3) is 3.77. The molecule has 0 aliphatic carbocycles. The number of carbonyl (C=O) groups is 1. The van der Waals surface area contributed by atoms with Crippen LogP contribution in [0.15, 0.2) is 12.5 Å². The van der Waals surface area contributed by atoms with Crippen molar-refractivity contribution in [2.75, 3.05) is 0 Å². The van der Waals surface area contributed by atoms with Gasteiger partial charge < -0.3 is 13.7 Å². The van der Waals surface area contributed by atoms with Crippen LogP contribution in [-0.4, -0.2) is 40.8 Å². The average Bonchev–Trinajstić information content (AvgIpc) is 3.15. The Labute approximate surface area is 172 Å². The van der Waals surface area contributed by atoms with Crippen LogP contribution in [0.1, 0.15) is 64.0 Å². The van der Waals surface area contributed by atoms with E-state index in [0.717, 1.165) is 6.42 Å². The molecule has 0 amide bonds. The summed E-state index contributed by atoms with van der Waals surface area (Å²) in [5.74, 6) is -0.0699. The van der Waals surface area contributed by atoms with Gasteiger partial charge in [0.15, 0.2) is 14.1 Å². The van der Waals surface area contributed by atoms with E-state index in [0.29, 0.717) is 23.0 Å². The number of Topliss-reactive ketones (excluding diaryl/α,β-unsaturated/α-hetero) is 1. The number of halogens is 1. The van der Waals surface area contributed by atoms with E-state index >= 15 is 0 Å². The van der Waals surface area contributed by atoms with E-state index in [4.69, 9.17) is 20.8 Å². The third-order valence-corrected chi connectivity index (χ3v) is 10.9. The van der Waals surface area contributed by atoms with E-state index in [9.17, 15) is 4.79 Å². The summed E-state index contributed by atoms with van der Waals surface area (Å²) in [7, 11) is -1.92. The van der Waals surface area contributed by atoms with Crippen molar-refractivity contribution in [2.24, 2.45) is 0 Å². The number of nitrogens with zero attached hydrogens (tertiary/aromatic N) is 3. The molecule has 8 heteroatoms. The van der Waals surface area contributed by atoms with Gasteiger partial charge in [-0.3, -0.25) is 4.79 Å². The number of ether oxygens (including phenoxy) is 1. The molecule has 2 aromatic heterocycles. The highest BCUT2D eigenvalue weighted by Gasteiger charge is 2.44. The van der Waals surface area contributed by atoms with Gasteiger partial charge in [-0.1, -0.05) is 39.3 Å². The molecule has 3 rings (SSSR count). The first-order valence-corrected chi connectivity index (χ1v) is 13.1. The quantitative estimate of drug-likeness (QED) is 0.367. The Hall–Kier alpha value is -1.28. The smallest absolute Gasteiger partial charge is 0.192 e. The lowest BCUT2D eigenvalue weighted by Crippen LogP contribution is -2.45. The number of fused-ring (bicyclic) bond motifs is 1. The molecular formula is C20H30ClN3O3Si. The minimum Gasteiger partial charge on any atom is -0.411 e. The van der Waals surface area contributed by atoms with E-state index < -0.39 is 8.32 Å². The Balaban J connectivity index is 1.96. The first-order chi connectivity index (χ1) is 13.0. The fourth-order valence-electron chi connectivity index (χ4n) is 3.45. The zero-order chi connectivity index (χ0) is 20.9. The van der Waals surface area contributed by atoms with Gasteiger partial charge in [0.1, 0.15) is 23.4 Å². The Morgan fingerprint density at radius 1 is 1.39 bits per heavy atom. The second-order valence-electron chi connectivity index (χ2n) is 9.06. The summed E-state index contributed by atoms with van der Waals surface area (Å²) in [6.07, 6.45) is 4.57. The fourth-order valence-corrected chi connectivity index (χ4v) is 5.04. The van der Waals surface area contributed by atoms with Crippen LogP contribution in [0.3, 0.4) is 0 Å². The van der Waals surface area contributed by atoms with Crippen LogP contribution in [0.4, 0.5) is 0 Å². The van der Waals surface area contributed by atoms with E-state index in [1.807, 2.05) is 4.57 Å². The highest BCUT2D eigenvalue weighted by atomic mass is 35.5. The molecule has 0 aromatic carbocycles. The highest BCUT2D eigenvalue weighted by Crippen LogP contribution is 2.42. The SMILES string of the molecule is CC[C@H]1O[C@@H](n2cc(C(C)=O)c3c(Cl)ncnc32)C[C@H]1O[Si](C)(C)C(C)(C)C. The van der Waals surface area contributed by atoms with Crippen molar-refractivity contribution in [3.8, 4) is 0 Å². The summed E-state index contributed by atoms with van der Waals surface area (Å²) < 4.78 is 15.0. The first kappa shape index (κ1) is 21.4. The summed E-state index contributed by atoms with van der Waals surface area (Å²) in [6.45, 7) is 14.9. The van der Waals surface area contributed by atoms with Gasteiger partial charge in [-0.05, 0) is 31.5 Å². The molecule has 0 N–H and O–H groups in total. The minimum absolute atomic E-state index is 0.00895. The topological polar surface area (TPSA) is 66.2 Å². The largest absolute Gasteiger partial charge is 0.411 e. The van der Waals surface area contributed by atoms with Crippen LogP contribution >= 0.6 is 11.6 Å². The molecule has 3 heterocycles. The molecule has 1 saturated heterocycles. The normalized spacial score (nSPS) is 23.5. The number of carbonyl (C=O) groups excluding carboxylic acids is 1. The number of hydrogen-bond acceptors (Lipinski definition) is 5. The zero-order valence-electron chi connectivity index (χ0n) is 17.7. The third-order valence-electron chi connectivity index (χ3n) is 6.09. The van der Waals surface area contributed by atoms with Gasteiger partial charge in [-0.15, -0.1) is 0 Å².